The average Bonchev–Trinajstić information content (AvgIpc) is 2.89. The zero-order valence-corrected chi connectivity index (χ0v) is 12.8. The number of anilines is 1. The van der Waals surface area contributed by atoms with Gasteiger partial charge in [0.05, 0.1) is 12.3 Å². The third kappa shape index (κ3) is 3.04. The van der Waals surface area contributed by atoms with Crippen molar-refractivity contribution in [2.24, 2.45) is 0 Å². The smallest absolute Gasteiger partial charge is 0.142 e. The van der Waals surface area contributed by atoms with Gasteiger partial charge in [-0.2, -0.15) is 0 Å². The van der Waals surface area contributed by atoms with Crippen molar-refractivity contribution in [1.29, 1.82) is 0 Å². The van der Waals surface area contributed by atoms with E-state index in [-0.39, 0.29) is 0 Å². The van der Waals surface area contributed by atoms with Crippen LogP contribution in [0, 0.1) is 0 Å². The third-order valence-corrected chi connectivity index (χ3v) is 4.66. The zero-order chi connectivity index (χ0) is 13.9. The van der Waals surface area contributed by atoms with Gasteiger partial charge in [0.1, 0.15) is 5.75 Å². The van der Waals surface area contributed by atoms with Crippen LogP contribution in [0.15, 0.2) is 18.2 Å². The molecule has 0 aromatic heterocycles. The van der Waals surface area contributed by atoms with E-state index < -0.39 is 0 Å². The van der Waals surface area contributed by atoms with E-state index in [2.05, 4.69) is 10.2 Å². The fraction of sp³-hybridized carbons (Fsp3) is 0.625. The van der Waals surface area contributed by atoms with Crippen molar-refractivity contribution in [3.8, 4) is 5.75 Å². The number of fused-ring (bicyclic) bond motifs is 1. The SMILES string of the molecule is CCOc1ccc(Cl)cc1NC1CCN2CCCC2C1. The monoisotopic (exact) mass is 294 g/mol. The van der Waals surface area contributed by atoms with Crippen molar-refractivity contribution >= 4 is 17.3 Å². The van der Waals surface area contributed by atoms with Gasteiger partial charge in [-0.1, -0.05) is 11.6 Å². The molecule has 0 amide bonds. The van der Waals surface area contributed by atoms with E-state index in [1.165, 1.54) is 38.8 Å². The summed E-state index contributed by atoms with van der Waals surface area (Å²) in [5.74, 6) is 0.908. The Morgan fingerprint density at radius 2 is 2.25 bits per heavy atom. The minimum absolute atomic E-state index is 0.534. The molecular formula is C16H23ClN2O. The molecule has 2 unspecified atom stereocenters. The molecular weight excluding hydrogens is 272 g/mol. The highest BCUT2D eigenvalue weighted by Crippen LogP contribution is 2.33. The molecule has 2 fully saturated rings. The van der Waals surface area contributed by atoms with Gasteiger partial charge in [-0.25, -0.2) is 0 Å². The van der Waals surface area contributed by atoms with Crippen LogP contribution in [0.2, 0.25) is 5.02 Å². The molecule has 1 N–H and O–H groups in total. The number of hydrogen-bond donors (Lipinski definition) is 1. The molecule has 2 aliphatic rings. The van der Waals surface area contributed by atoms with Crippen molar-refractivity contribution in [2.45, 2.75) is 44.7 Å². The molecule has 2 heterocycles. The summed E-state index contributed by atoms with van der Waals surface area (Å²) in [5, 5.41) is 4.41. The number of benzene rings is 1. The third-order valence-electron chi connectivity index (χ3n) is 4.42. The molecule has 2 saturated heterocycles. The summed E-state index contributed by atoms with van der Waals surface area (Å²) in [7, 11) is 0. The Morgan fingerprint density at radius 3 is 3.10 bits per heavy atom. The number of ether oxygens (including phenoxy) is 1. The Kier molecular flexibility index (Phi) is 4.37. The second-order valence-corrected chi connectivity index (χ2v) is 6.21. The van der Waals surface area contributed by atoms with Crippen LogP contribution in [-0.2, 0) is 0 Å². The molecule has 3 rings (SSSR count). The molecule has 2 atom stereocenters. The lowest BCUT2D eigenvalue weighted by atomic mass is 9.97. The van der Waals surface area contributed by atoms with Crippen LogP contribution >= 0.6 is 11.6 Å². The fourth-order valence-electron chi connectivity index (χ4n) is 3.47. The van der Waals surface area contributed by atoms with Gasteiger partial charge in [0.2, 0.25) is 0 Å². The lowest BCUT2D eigenvalue weighted by Crippen LogP contribution is -2.42. The second-order valence-electron chi connectivity index (χ2n) is 5.77. The Labute approximate surface area is 126 Å². The normalized spacial score (nSPS) is 26.3. The Morgan fingerprint density at radius 1 is 1.35 bits per heavy atom. The van der Waals surface area contributed by atoms with E-state index in [9.17, 15) is 0 Å². The summed E-state index contributed by atoms with van der Waals surface area (Å²) in [6, 6.07) is 7.13. The summed E-state index contributed by atoms with van der Waals surface area (Å²) < 4.78 is 5.69. The van der Waals surface area contributed by atoms with Crippen LogP contribution in [0.4, 0.5) is 5.69 Å². The summed E-state index contributed by atoms with van der Waals surface area (Å²) in [4.78, 5) is 2.64. The minimum Gasteiger partial charge on any atom is -0.492 e. The van der Waals surface area contributed by atoms with Crippen molar-refractivity contribution < 1.29 is 4.74 Å². The first-order valence-corrected chi connectivity index (χ1v) is 8.07. The zero-order valence-electron chi connectivity index (χ0n) is 12.1. The van der Waals surface area contributed by atoms with Gasteiger partial charge in [0, 0.05) is 23.7 Å². The highest BCUT2D eigenvalue weighted by atomic mass is 35.5. The van der Waals surface area contributed by atoms with Crippen LogP contribution in [0.25, 0.3) is 0 Å². The van der Waals surface area contributed by atoms with E-state index in [1.54, 1.807) is 0 Å². The van der Waals surface area contributed by atoms with E-state index >= 15 is 0 Å². The molecule has 20 heavy (non-hydrogen) atoms. The summed E-state index contributed by atoms with van der Waals surface area (Å²) >= 11 is 6.12. The van der Waals surface area contributed by atoms with Crippen molar-refractivity contribution in [1.82, 2.24) is 4.90 Å². The van der Waals surface area contributed by atoms with Crippen LogP contribution in [0.1, 0.15) is 32.6 Å². The molecule has 0 saturated carbocycles. The molecule has 2 aliphatic heterocycles. The molecule has 110 valence electrons. The summed E-state index contributed by atoms with van der Waals surface area (Å²) in [5.41, 5.74) is 1.04. The number of nitrogens with zero attached hydrogens (tertiary/aromatic N) is 1. The van der Waals surface area contributed by atoms with Crippen LogP contribution in [0.3, 0.4) is 0 Å². The van der Waals surface area contributed by atoms with E-state index in [4.69, 9.17) is 16.3 Å². The number of halogens is 1. The highest BCUT2D eigenvalue weighted by molar-refractivity contribution is 6.30. The predicted octanol–water partition coefficient (Wildman–Crippen LogP) is 3.78. The maximum absolute atomic E-state index is 6.12. The van der Waals surface area contributed by atoms with Gasteiger partial charge >= 0.3 is 0 Å². The van der Waals surface area contributed by atoms with Gasteiger partial charge in [0.15, 0.2) is 0 Å². The molecule has 0 bridgehead atoms. The first-order chi connectivity index (χ1) is 9.76. The molecule has 1 aromatic carbocycles. The van der Waals surface area contributed by atoms with Crippen molar-refractivity contribution in [2.75, 3.05) is 25.0 Å². The largest absolute Gasteiger partial charge is 0.492 e. The highest BCUT2D eigenvalue weighted by Gasteiger charge is 2.31. The quantitative estimate of drug-likeness (QED) is 0.915. The fourth-order valence-corrected chi connectivity index (χ4v) is 3.64. The average molecular weight is 295 g/mol. The number of hydrogen-bond acceptors (Lipinski definition) is 3. The standard InChI is InChI=1S/C16H23ClN2O/c1-2-20-16-6-5-12(17)10-15(16)18-13-7-9-19-8-3-4-14(19)11-13/h5-6,10,13-14,18H,2-4,7-9,11H2,1H3. The Bertz CT molecular complexity index is 466. The molecule has 0 aliphatic carbocycles. The molecule has 0 spiro atoms. The number of rotatable bonds is 4. The number of piperidine rings is 1. The van der Waals surface area contributed by atoms with Crippen LogP contribution in [0.5, 0.6) is 5.75 Å². The Hall–Kier alpha value is -0.930. The van der Waals surface area contributed by atoms with Gasteiger partial charge in [-0.15, -0.1) is 0 Å². The topological polar surface area (TPSA) is 24.5 Å². The van der Waals surface area contributed by atoms with Crippen molar-refractivity contribution in [3.05, 3.63) is 23.2 Å². The van der Waals surface area contributed by atoms with Crippen LogP contribution in [-0.4, -0.2) is 36.7 Å². The lowest BCUT2D eigenvalue weighted by Gasteiger charge is -2.35. The molecule has 0 radical (unpaired) electrons. The minimum atomic E-state index is 0.534. The van der Waals surface area contributed by atoms with Crippen molar-refractivity contribution in [3.63, 3.8) is 0 Å². The van der Waals surface area contributed by atoms with E-state index in [0.29, 0.717) is 12.6 Å². The number of nitrogens with one attached hydrogen (secondary N) is 1. The van der Waals surface area contributed by atoms with Gasteiger partial charge in [-0.3, -0.25) is 0 Å². The predicted molar refractivity (Wildman–Crippen MR) is 83.9 cm³/mol. The van der Waals surface area contributed by atoms with Gasteiger partial charge in [-0.05, 0) is 57.4 Å². The van der Waals surface area contributed by atoms with E-state index in [0.717, 1.165) is 22.5 Å². The molecule has 3 nitrogen and oxygen atoms in total. The van der Waals surface area contributed by atoms with Crippen LogP contribution < -0.4 is 10.1 Å². The molecule has 1 aromatic rings. The second kappa shape index (κ2) is 6.23. The summed E-state index contributed by atoms with van der Waals surface area (Å²) in [6.07, 6.45) is 5.15. The lowest BCUT2D eigenvalue weighted by molar-refractivity contribution is 0.188. The maximum Gasteiger partial charge on any atom is 0.142 e. The Balaban J connectivity index is 1.69. The maximum atomic E-state index is 6.12. The van der Waals surface area contributed by atoms with E-state index in [1.807, 2.05) is 25.1 Å². The first kappa shape index (κ1) is 14.0. The van der Waals surface area contributed by atoms with Gasteiger partial charge < -0.3 is 15.0 Å². The summed E-state index contributed by atoms with van der Waals surface area (Å²) in [6.45, 7) is 5.19. The first-order valence-electron chi connectivity index (χ1n) is 7.69. The molecule has 4 heteroatoms. The van der Waals surface area contributed by atoms with Gasteiger partial charge in [0.25, 0.3) is 0 Å².